The van der Waals surface area contributed by atoms with Gasteiger partial charge in [0.05, 0.1) is 0 Å². The summed E-state index contributed by atoms with van der Waals surface area (Å²) in [6, 6.07) is 0.722. The first kappa shape index (κ1) is 8.65. The third-order valence-corrected chi connectivity index (χ3v) is 1.55. The van der Waals surface area contributed by atoms with Crippen LogP contribution in [-0.4, -0.2) is 12.6 Å². The van der Waals surface area contributed by atoms with Crippen molar-refractivity contribution in [2.24, 2.45) is 0 Å². The molecule has 1 aliphatic heterocycles. The molecule has 0 radical (unpaired) electrons. The number of nitrogens with zero attached hydrogens (tertiary/aromatic N) is 1. The minimum Gasteiger partial charge on any atom is -0.660 e. The molecule has 48 valence electrons. The zero-order valence-electron chi connectivity index (χ0n) is 5.26. The second-order valence-corrected chi connectivity index (χ2v) is 2.11. The molecule has 0 amide bonds. The van der Waals surface area contributed by atoms with E-state index in [1.807, 2.05) is 0 Å². The van der Waals surface area contributed by atoms with Gasteiger partial charge in [0.1, 0.15) is 0 Å². The largest absolute Gasteiger partial charge is 0.660 e. The standard InChI is InChI=1S/C6H12N.W/c1-2-6-4-3-5-7-6;/h6H,2-5H2,1H3;/q-1;. The first-order valence-corrected chi connectivity index (χ1v) is 3.10. The fourth-order valence-electron chi connectivity index (χ4n) is 1.03. The Morgan fingerprint density at radius 2 is 2.38 bits per heavy atom. The molecule has 1 fully saturated rings. The van der Waals surface area contributed by atoms with E-state index in [1.165, 1.54) is 19.3 Å². The molecule has 8 heavy (non-hydrogen) atoms. The van der Waals surface area contributed by atoms with Gasteiger partial charge in [0.25, 0.3) is 0 Å². The van der Waals surface area contributed by atoms with Gasteiger partial charge in [0.2, 0.25) is 0 Å². The van der Waals surface area contributed by atoms with Gasteiger partial charge in [-0.15, -0.1) is 12.6 Å². The summed E-state index contributed by atoms with van der Waals surface area (Å²) < 4.78 is 0. The van der Waals surface area contributed by atoms with E-state index in [1.54, 1.807) is 0 Å². The Morgan fingerprint density at radius 1 is 1.62 bits per heavy atom. The quantitative estimate of drug-likeness (QED) is 0.697. The molecule has 1 unspecified atom stereocenters. The summed E-state index contributed by atoms with van der Waals surface area (Å²) in [4.78, 5) is 0. The SMILES string of the molecule is CCC1CCC[N-]1.[W]. The fraction of sp³-hybridized carbons (Fsp3) is 1.00. The van der Waals surface area contributed by atoms with Gasteiger partial charge < -0.3 is 5.32 Å². The van der Waals surface area contributed by atoms with Crippen LogP contribution in [0.3, 0.4) is 0 Å². The van der Waals surface area contributed by atoms with Gasteiger partial charge in [-0.25, -0.2) is 0 Å². The summed E-state index contributed by atoms with van der Waals surface area (Å²) in [5, 5.41) is 4.35. The van der Waals surface area contributed by atoms with E-state index in [2.05, 4.69) is 12.2 Å². The minimum absolute atomic E-state index is 0. The summed E-state index contributed by atoms with van der Waals surface area (Å²) in [7, 11) is 0. The van der Waals surface area contributed by atoms with Crippen LogP contribution in [0.15, 0.2) is 0 Å². The Morgan fingerprint density at radius 3 is 2.62 bits per heavy atom. The Labute approximate surface area is 65.5 Å². The second kappa shape index (κ2) is 4.52. The van der Waals surface area contributed by atoms with E-state index in [4.69, 9.17) is 0 Å². The molecule has 0 spiro atoms. The zero-order valence-corrected chi connectivity index (χ0v) is 8.19. The molecule has 1 heterocycles. The van der Waals surface area contributed by atoms with Gasteiger partial charge in [-0.05, 0) is 0 Å². The van der Waals surface area contributed by atoms with Crippen LogP contribution in [0.1, 0.15) is 26.2 Å². The van der Waals surface area contributed by atoms with E-state index in [0.717, 1.165) is 12.6 Å². The van der Waals surface area contributed by atoms with Crippen molar-refractivity contribution in [1.82, 2.24) is 0 Å². The van der Waals surface area contributed by atoms with Crippen molar-refractivity contribution in [2.45, 2.75) is 32.2 Å². The molecular weight excluding hydrogens is 270 g/mol. The molecule has 1 aliphatic rings. The van der Waals surface area contributed by atoms with E-state index in [9.17, 15) is 0 Å². The fourth-order valence-corrected chi connectivity index (χ4v) is 1.03. The van der Waals surface area contributed by atoms with Gasteiger partial charge in [0.15, 0.2) is 0 Å². The summed E-state index contributed by atoms with van der Waals surface area (Å²) in [6.07, 6.45) is 3.93. The first-order chi connectivity index (χ1) is 3.43. The van der Waals surface area contributed by atoms with E-state index < -0.39 is 0 Å². The van der Waals surface area contributed by atoms with Gasteiger partial charge in [-0.1, -0.05) is 26.2 Å². The van der Waals surface area contributed by atoms with Crippen LogP contribution >= 0.6 is 0 Å². The maximum atomic E-state index is 4.35. The Bertz CT molecular complexity index is 50.5. The van der Waals surface area contributed by atoms with Crippen LogP contribution in [0, 0.1) is 0 Å². The number of rotatable bonds is 1. The Balaban J connectivity index is 0.000000490. The van der Waals surface area contributed by atoms with Crippen molar-refractivity contribution < 1.29 is 21.1 Å². The van der Waals surface area contributed by atoms with Crippen molar-refractivity contribution in [1.29, 1.82) is 0 Å². The van der Waals surface area contributed by atoms with Crippen LogP contribution in [-0.2, 0) is 21.1 Å². The molecule has 0 aromatic carbocycles. The van der Waals surface area contributed by atoms with Gasteiger partial charge in [-0.2, -0.15) is 0 Å². The maximum Gasteiger partial charge on any atom is 0 e. The van der Waals surface area contributed by atoms with E-state index in [-0.39, 0.29) is 21.1 Å². The smallest absolute Gasteiger partial charge is 0 e. The summed E-state index contributed by atoms with van der Waals surface area (Å²) in [6.45, 7) is 3.33. The normalized spacial score (nSPS) is 27.4. The van der Waals surface area contributed by atoms with Gasteiger partial charge >= 0.3 is 0 Å². The maximum absolute atomic E-state index is 4.35. The van der Waals surface area contributed by atoms with Crippen molar-refractivity contribution in [3.05, 3.63) is 5.32 Å². The van der Waals surface area contributed by atoms with Crippen molar-refractivity contribution in [3.63, 3.8) is 0 Å². The molecule has 0 aliphatic carbocycles. The molecule has 2 heteroatoms. The predicted octanol–water partition coefficient (Wildman–Crippen LogP) is 1.93. The number of hydrogen-bond donors (Lipinski definition) is 0. The number of hydrogen-bond acceptors (Lipinski definition) is 0. The average Bonchev–Trinajstić information content (AvgIpc) is 2.14. The van der Waals surface area contributed by atoms with E-state index >= 15 is 0 Å². The summed E-state index contributed by atoms with van der Waals surface area (Å²) in [5.74, 6) is 0. The summed E-state index contributed by atoms with van der Waals surface area (Å²) >= 11 is 0. The third-order valence-electron chi connectivity index (χ3n) is 1.55. The molecule has 1 nitrogen and oxygen atoms in total. The first-order valence-electron chi connectivity index (χ1n) is 3.10. The molecule has 0 aromatic rings. The molecule has 0 N–H and O–H groups in total. The summed E-state index contributed by atoms with van der Waals surface area (Å²) in [5.41, 5.74) is 0. The van der Waals surface area contributed by atoms with Crippen LogP contribution < -0.4 is 0 Å². The molecule has 1 saturated heterocycles. The van der Waals surface area contributed by atoms with E-state index in [0.29, 0.717) is 0 Å². The zero-order chi connectivity index (χ0) is 5.11. The van der Waals surface area contributed by atoms with Crippen LogP contribution in [0.2, 0.25) is 0 Å². The molecule has 0 aromatic heterocycles. The molecular formula is C6H12NW-. The monoisotopic (exact) mass is 282 g/mol. The van der Waals surface area contributed by atoms with Crippen LogP contribution in [0.5, 0.6) is 0 Å². The average molecular weight is 282 g/mol. The van der Waals surface area contributed by atoms with Crippen molar-refractivity contribution in [3.8, 4) is 0 Å². The third kappa shape index (κ3) is 2.28. The van der Waals surface area contributed by atoms with Crippen molar-refractivity contribution in [2.75, 3.05) is 6.54 Å². The molecule has 1 rings (SSSR count). The second-order valence-electron chi connectivity index (χ2n) is 2.11. The predicted molar refractivity (Wildman–Crippen MR) is 31.5 cm³/mol. The van der Waals surface area contributed by atoms with Crippen LogP contribution in [0.25, 0.3) is 5.32 Å². The minimum atomic E-state index is 0. The van der Waals surface area contributed by atoms with Crippen molar-refractivity contribution >= 4 is 0 Å². The molecule has 0 saturated carbocycles. The molecule has 0 bridgehead atoms. The van der Waals surface area contributed by atoms with Gasteiger partial charge in [0, 0.05) is 21.1 Å². The molecule has 1 atom stereocenters. The topological polar surface area (TPSA) is 14.1 Å². The Kier molecular flexibility index (Phi) is 4.89. The van der Waals surface area contributed by atoms with Crippen LogP contribution in [0.4, 0.5) is 0 Å². The van der Waals surface area contributed by atoms with Gasteiger partial charge in [-0.3, -0.25) is 0 Å². The Hall–Kier alpha value is 0.648.